The fourth-order valence-electron chi connectivity index (χ4n) is 2.38. The monoisotopic (exact) mass is 332 g/mol. The van der Waals surface area contributed by atoms with Crippen LogP contribution in [-0.4, -0.2) is 32.5 Å². The zero-order valence-corrected chi connectivity index (χ0v) is 14.3. The van der Waals surface area contributed by atoms with Crippen LogP contribution in [0.1, 0.15) is 37.7 Å². The Bertz CT molecular complexity index is 549. The van der Waals surface area contributed by atoms with Gasteiger partial charge in [-0.15, -0.1) is 0 Å². The third-order valence-corrected chi connectivity index (χ3v) is 6.26. The summed E-state index contributed by atoms with van der Waals surface area (Å²) in [7, 11) is -3.49. The van der Waals surface area contributed by atoms with E-state index in [1.807, 2.05) is 0 Å². The second-order valence-corrected chi connectivity index (χ2v) is 8.18. The molecule has 5 nitrogen and oxygen atoms in total. The number of hydrogen-bond donors (Lipinski definition) is 2. The topological polar surface area (TPSA) is 71.3 Å². The van der Waals surface area contributed by atoms with Gasteiger partial charge in [-0.25, -0.2) is 13.1 Å². The van der Waals surface area contributed by atoms with Crippen molar-refractivity contribution in [1.29, 1.82) is 0 Å². The first-order valence-electron chi connectivity index (χ1n) is 7.43. The average Bonchev–Trinajstić information content (AvgIpc) is 2.82. The predicted octanol–water partition coefficient (Wildman–Crippen LogP) is 2.26. The molecule has 0 amide bonds. The number of rotatable bonds is 7. The van der Waals surface area contributed by atoms with Gasteiger partial charge in [-0.2, -0.15) is 11.8 Å². The normalized spacial score (nSPS) is 19.8. The molecule has 2 rings (SSSR count). The first-order chi connectivity index (χ1) is 10.0. The Morgan fingerprint density at radius 3 is 2.95 bits per heavy atom. The van der Waals surface area contributed by atoms with Crippen LogP contribution >= 0.6 is 11.8 Å². The van der Waals surface area contributed by atoms with E-state index in [4.69, 9.17) is 4.42 Å². The summed E-state index contributed by atoms with van der Waals surface area (Å²) in [6.07, 6.45) is 3.01. The van der Waals surface area contributed by atoms with Crippen LogP contribution in [0.2, 0.25) is 0 Å². The van der Waals surface area contributed by atoms with Gasteiger partial charge in [0.05, 0.1) is 6.54 Å². The summed E-state index contributed by atoms with van der Waals surface area (Å²) in [6.45, 7) is 5.23. The van der Waals surface area contributed by atoms with E-state index in [9.17, 15) is 8.42 Å². The van der Waals surface area contributed by atoms with Crippen LogP contribution in [0, 0.1) is 6.92 Å². The minimum absolute atomic E-state index is 0.0321. The summed E-state index contributed by atoms with van der Waals surface area (Å²) in [4.78, 5) is 0.270. The molecule has 0 bridgehead atoms. The highest BCUT2D eigenvalue weighted by atomic mass is 32.2. The lowest BCUT2D eigenvalue weighted by molar-refractivity contribution is 0.456. The molecule has 2 N–H and O–H groups in total. The quantitative estimate of drug-likeness (QED) is 0.750. The summed E-state index contributed by atoms with van der Waals surface area (Å²) in [5, 5.41) is 3.21. The van der Waals surface area contributed by atoms with Gasteiger partial charge in [0.1, 0.15) is 16.4 Å². The highest BCUT2D eigenvalue weighted by molar-refractivity contribution is 7.99. The molecule has 0 radical (unpaired) electrons. The van der Waals surface area contributed by atoms with Gasteiger partial charge in [-0.05, 0) is 38.5 Å². The van der Waals surface area contributed by atoms with E-state index in [0.29, 0.717) is 18.1 Å². The highest BCUT2D eigenvalue weighted by Crippen LogP contribution is 2.23. The molecule has 1 aliphatic rings. The standard InChI is InChI=1S/C14H24N2O3S2/c1-3-6-15-9-13-8-14(11(2)19-13)21(17,18)16-12-5-4-7-20-10-12/h8,12,15-16H,3-7,9-10H2,1-2H3. The van der Waals surface area contributed by atoms with E-state index in [1.165, 1.54) is 0 Å². The second-order valence-electron chi connectivity index (χ2n) is 5.35. The molecule has 120 valence electrons. The molecule has 2 heterocycles. The minimum atomic E-state index is -3.49. The van der Waals surface area contributed by atoms with Gasteiger partial charge in [-0.3, -0.25) is 0 Å². The molecule has 1 saturated heterocycles. The third kappa shape index (κ3) is 4.74. The molecule has 7 heteroatoms. The SMILES string of the molecule is CCCNCc1cc(S(=O)(=O)NC2CCCSC2)c(C)o1. The Morgan fingerprint density at radius 2 is 2.29 bits per heavy atom. The van der Waals surface area contributed by atoms with Gasteiger partial charge < -0.3 is 9.73 Å². The molecule has 0 saturated carbocycles. The molecule has 0 aliphatic carbocycles. The van der Waals surface area contributed by atoms with Crippen molar-refractivity contribution in [3.8, 4) is 0 Å². The largest absolute Gasteiger partial charge is 0.464 e. The lowest BCUT2D eigenvalue weighted by atomic mass is 10.2. The smallest absolute Gasteiger partial charge is 0.244 e. The molecular weight excluding hydrogens is 308 g/mol. The van der Waals surface area contributed by atoms with Gasteiger partial charge in [0, 0.05) is 17.9 Å². The van der Waals surface area contributed by atoms with Crippen LogP contribution in [0.25, 0.3) is 0 Å². The molecule has 1 unspecified atom stereocenters. The molecule has 1 fully saturated rings. The third-order valence-electron chi connectivity index (χ3n) is 3.42. The molecular formula is C14H24N2O3S2. The molecule has 1 aromatic heterocycles. The fraction of sp³-hybridized carbons (Fsp3) is 0.714. The van der Waals surface area contributed by atoms with Crippen molar-refractivity contribution < 1.29 is 12.8 Å². The lowest BCUT2D eigenvalue weighted by Crippen LogP contribution is -2.38. The Balaban J connectivity index is 2.04. The summed E-state index contributed by atoms with van der Waals surface area (Å²) in [5.41, 5.74) is 0. The van der Waals surface area contributed by atoms with Crippen LogP contribution in [0.5, 0.6) is 0 Å². The van der Waals surface area contributed by atoms with Crippen molar-refractivity contribution in [1.82, 2.24) is 10.0 Å². The van der Waals surface area contributed by atoms with E-state index in [1.54, 1.807) is 24.8 Å². The van der Waals surface area contributed by atoms with Crippen LogP contribution in [0.15, 0.2) is 15.4 Å². The number of aryl methyl sites for hydroxylation is 1. The lowest BCUT2D eigenvalue weighted by Gasteiger charge is -2.22. The first-order valence-corrected chi connectivity index (χ1v) is 10.1. The zero-order valence-electron chi connectivity index (χ0n) is 12.6. The second kappa shape index (κ2) is 7.67. The van der Waals surface area contributed by atoms with Crippen molar-refractivity contribution in [2.24, 2.45) is 0 Å². The maximum atomic E-state index is 12.5. The van der Waals surface area contributed by atoms with Gasteiger partial charge in [0.2, 0.25) is 10.0 Å². The molecule has 1 atom stereocenters. The van der Waals surface area contributed by atoms with E-state index in [-0.39, 0.29) is 10.9 Å². The maximum absolute atomic E-state index is 12.5. The number of hydrogen-bond acceptors (Lipinski definition) is 5. The van der Waals surface area contributed by atoms with E-state index < -0.39 is 10.0 Å². The first kappa shape index (κ1) is 16.9. The van der Waals surface area contributed by atoms with Crippen molar-refractivity contribution in [2.75, 3.05) is 18.1 Å². The minimum Gasteiger partial charge on any atom is -0.464 e. The van der Waals surface area contributed by atoms with Crippen molar-refractivity contribution in [2.45, 2.75) is 50.6 Å². The fourth-order valence-corrected chi connectivity index (χ4v) is 5.03. The Kier molecular flexibility index (Phi) is 6.16. The number of furan rings is 1. The predicted molar refractivity (Wildman–Crippen MR) is 86.1 cm³/mol. The summed E-state index contributed by atoms with van der Waals surface area (Å²) in [6, 6.07) is 1.67. The molecule has 1 aromatic rings. The molecule has 0 aromatic carbocycles. The summed E-state index contributed by atoms with van der Waals surface area (Å²) >= 11 is 1.80. The number of thioether (sulfide) groups is 1. The maximum Gasteiger partial charge on any atom is 0.244 e. The van der Waals surface area contributed by atoms with Gasteiger partial charge in [0.15, 0.2) is 0 Å². The highest BCUT2D eigenvalue weighted by Gasteiger charge is 2.25. The van der Waals surface area contributed by atoms with Crippen LogP contribution in [-0.2, 0) is 16.6 Å². The van der Waals surface area contributed by atoms with Crippen molar-refractivity contribution >= 4 is 21.8 Å². The van der Waals surface area contributed by atoms with Gasteiger partial charge >= 0.3 is 0 Å². The average molecular weight is 332 g/mol. The molecule has 0 spiro atoms. The van der Waals surface area contributed by atoms with E-state index >= 15 is 0 Å². The van der Waals surface area contributed by atoms with Crippen LogP contribution in [0.4, 0.5) is 0 Å². The van der Waals surface area contributed by atoms with Crippen LogP contribution in [0.3, 0.4) is 0 Å². The van der Waals surface area contributed by atoms with E-state index in [2.05, 4.69) is 17.0 Å². The molecule has 21 heavy (non-hydrogen) atoms. The van der Waals surface area contributed by atoms with E-state index in [0.717, 1.165) is 37.3 Å². The Morgan fingerprint density at radius 1 is 1.48 bits per heavy atom. The van der Waals surface area contributed by atoms with Crippen molar-refractivity contribution in [3.05, 3.63) is 17.6 Å². The van der Waals surface area contributed by atoms with Gasteiger partial charge in [0.25, 0.3) is 0 Å². The van der Waals surface area contributed by atoms with Crippen LogP contribution < -0.4 is 10.0 Å². The number of nitrogens with one attached hydrogen (secondary N) is 2. The summed E-state index contributed by atoms with van der Waals surface area (Å²) < 4.78 is 33.3. The molecule has 1 aliphatic heterocycles. The summed E-state index contributed by atoms with van der Waals surface area (Å²) in [5.74, 6) is 3.09. The zero-order chi connectivity index (χ0) is 15.3. The number of sulfonamides is 1. The Hall–Kier alpha value is -0.500. The van der Waals surface area contributed by atoms with Gasteiger partial charge in [-0.1, -0.05) is 6.92 Å². The van der Waals surface area contributed by atoms with Crippen molar-refractivity contribution in [3.63, 3.8) is 0 Å². The Labute approximate surface area is 131 Å².